The molecule has 0 aliphatic heterocycles. The van der Waals surface area contributed by atoms with Crippen LogP contribution in [0.25, 0.3) is 0 Å². The molecule has 0 atom stereocenters. The van der Waals surface area contributed by atoms with Crippen molar-refractivity contribution in [3.63, 3.8) is 0 Å². The third-order valence-corrected chi connectivity index (χ3v) is 3.44. The largest absolute Gasteiger partial charge is 0.494 e. The maximum Gasteiger partial charge on any atom is 0.251 e. The van der Waals surface area contributed by atoms with Gasteiger partial charge in [-0.15, -0.1) is 0 Å². The minimum absolute atomic E-state index is 0.0433. The normalized spacial score (nSPS) is 10.2. The average molecular weight is 275 g/mol. The van der Waals surface area contributed by atoms with Crippen molar-refractivity contribution in [2.75, 3.05) is 13.2 Å². The SMILES string of the molecule is CCOc1ccc(C(=O)NCCc2ccsc2)cc1. The summed E-state index contributed by atoms with van der Waals surface area (Å²) in [7, 11) is 0. The molecule has 0 saturated carbocycles. The molecule has 0 fully saturated rings. The molecule has 1 heterocycles. The minimum Gasteiger partial charge on any atom is -0.494 e. The van der Waals surface area contributed by atoms with Crippen LogP contribution < -0.4 is 10.1 Å². The Morgan fingerprint density at radius 2 is 2.05 bits per heavy atom. The highest BCUT2D eigenvalue weighted by molar-refractivity contribution is 7.07. The Kier molecular flexibility index (Phi) is 4.98. The molecule has 0 unspecified atom stereocenters. The summed E-state index contributed by atoms with van der Waals surface area (Å²) in [5.74, 6) is 0.746. The van der Waals surface area contributed by atoms with E-state index >= 15 is 0 Å². The molecule has 1 aromatic carbocycles. The van der Waals surface area contributed by atoms with Crippen molar-refractivity contribution >= 4 is 17.2 Å². The van der Waals surface area contributed by atoms with Gasteiger partial charge >= 0.3 is 0 Å². The van der Waals surface area contributed by atoms with Crippen molar-refractivity contribution in [1.29, 1.82) is 0 Å². The van der Waals surface area contributed by atoms with Gasteiger partial charge in [-0.05, 0) is 60.0 Å². The van der Waals surface area contributed by atoms with Gasteiger partial charge in [-0.2, -0.15) is 11.3 Å². The molecule has 0 aliphatic rings. The molecule has 3 nitrogen and oxygen atoms in total. The van der Waals surface area contributed by atoms with Crippen molar-refractivity contribution in [2.45, 2.75) is 13.3 Å². The Labute approximate surface area is 117 Å². The van der Waals surface area contributed by atoms with Gasteiger partial charge in [-0.3, -0.25) is 4.79 Å². The third kappa shape index (κ3) is 4.10. The summed E-state index contributed by atoms with van der Waals surface area (Å²) in [5.41, 5.74) is 1.92. The Morgan fingerprint density at radius 1 is 1.26 bits per heavy atom. The monoisotopic (exact) mass is 275 g/mol. The fourth-order valence-corrected chi connectivity index (χ4v) is 2.43. The van der Waals surface area contributed by atoms with Crippen LogP contribution in [-0.4, -0.2) is 19.1 Å². The van der Waals surface area contributed by atoms with Crippen LogP contribution in [0.5, 0.6) is 5.75 Å². The summed E-state index contributed by atoms with van der Waals surface area (Å²) in [6.45, 7) is 3.22. The van der Waals surface area contributed by atoms with E-state index in [-0.39, 0.29) is 5.91 Å². The first kappa shape index (κ1) is 13.6. The van der Waals surface area contributed by atoms with E-state index in [0.717, 1.165) is 12.2 Å². The highest BCUT2D eigenvalue weighted by Crippen LogP contribution is 2.12. The number of carbonyl (C=O) groups is 1. The smallest absolute Gasteiger partial charge is 0.251 e. The zero-order valence-electron chi connectivity index (χ0n) is 10.9. The first-order chi connectivity index (χ1) is 9.29. The molecule has 0 bridgehead atoms. The Hall–Kier alpha value is -1.81. The van der Waals surface area contributed by atoms with E-state index in [9.17, 15) is 4.79 Å². The van der Waals surface area contributed by atoms with Crippen molar-refractivity contribution in [3.8, 4) is 5.75 Å². The summed E-state index contributed by atoms with van der Waals surface area (Å²) >= 11 is 1.67. The van der Waals surface area contributed by atoms with Gasteiger partial charge < -0.3 is 10.1 Å². The van der Waals surface area contributed by atoms with Crippen LogP contribution in [-0.2, 0) is 6.42 Å². The topological polar surface area (TPSA) is 38.3 Å². The van der Waals surface area contributed by atoms with E-state index in [1.165, 1.54) is 5.56 Å². The number of hydrogen-bond acceptors (Lipinski definition) is 3. The molecule has 1 amide bonds. The predicted octanol–water partition coefficient (Wildman–Crippen LogP) is 3.12. The standard InChI is InChI=1S/C15H17NO2S/c1-2-18-14-5-3-13(4-6-14)15(17)16-9-7-12-8-10-19-11-12/h3-6,8,10-11H,2,7,9H2,1H3,(H,16,17). The van der Waals surface area contributed by atoms with Crippen LogP contribution in [0, 0.1) is 0 Å². The van der Waals surface area contributed by atoms with Crippen LogP contribution in [0.4, 0.5) is 0 Å². The molecule has 2 rings (SSSR count). The first-order valence-electron chi connectivity index (χ1n) is 6.31. The van der Waals surface area contributed by atoms with Crippen LogP contribution in [0.1, 0.15) is 22.8 Å². The summed E-state index contributed by atoms with van der Waals surface area (Å²) in [5, 5.41) is 7.06. The minimum atomic E-state index is -0.0433. The molecular formula is C15H17NO2S. The number of rotatable bonds is 6. The molecule has 0 aliphatic carbocycles. The van der Waals surface area contributed by atoms with Gasteiger partial charge in [0.2, 0.25) is 0 Å². The molecule has 19 heavy (non-hydrogen) atoms. The molecule has 0 radical (unpaired) electrons. The number of amides is 1. The van der Waals surface area contributed by atoms with E-state index in [1.807, 2.05) is 24.4 Å². The van der Waals surface area contributed by atoms with Crippen LogP contribution >= 0.6 is 11.3 Å². The Bertz CT molecular complexity index is 505. The maximum atomic E-state index is 11.9. The third-order valence-electron chi connectivity index (χ3n) is 2.71. The van der Waals surface area contributed by atoms with Crippen LogP contribution in [0.3, 0.4) is 0 Å². The van der Waals surface area contributed by atoms with Crippen LogP contribution in [0.2, 0.25) is 0 Å². The van der Waals surface area contributed by atoms with E-state index in [1.54, 1.807) is 23.5 Å². The van der Waals surface area contributed by atoms with Crippen molar-refractivity contribution in [3.05, 3.63) is 52.2 Å². The van der Waals surface area contributed by atoms with E-state index in [2.05, 4.69) is 16.8 Å². The van der Waals surface area contributed by atoms with Gasteiger partial charge in [0.15, 0.2) is 0 Å². The maximum absolute atomic E-state index is 11.9. The molecule has 0 saturated heterocycles. The number of ether oxygens (including phenoxy) is 1. The Morgan fingerprint density at radius 3 is 2.68 bits per heavy atom. The van der Waals surface area contributed by atoms with Gasteiger partial charge in [-0.1, -0.05) is 0 Å². The second-order valence-electron chi connectivity index (χ2n) is 4.09. The second kappa shape index (κ2) is 6.95. The number of benzene rings is 1. The number of carbonyl (C=O) groups excluding carboxylic acids is 1. The second-order valence-corrected chi connectivity index (χ2v) is 4.87. The highest BCUT2D eigenvalue weighted by atomic mass is 32.1. The number of hydrogen-bond donors (Lipinski definition) is 1. The fraction of sp³-hybridized carbons (Fsp3) is 0.267. The summed E-state index contributed by atoms with van der Waals surface area (Å²) in [6.07, 6.45) is 0.867. The molecule has 100 valence electrons. The lowest BCUT2D eigenvalue weighted by Gasteiger charge is -2.06. The number of nitrogens with one attached hydrogen (secondary N) is 1. The van der Waals surface area contributed by atoms with E-state index in [4.69, 9.17) is 4.74 Å². The van der Waals surface area contributed by atoms with Crippen LogP contribution in [0.15, 0.2) is 41.1 Å². The van der Waals surface area contributed by atoms with Crippen molar-refractivity contribution < 1.29 is 9.53 Å². The summed E-state index contributed by atoms with van der Waals surface area (Å²) in [6, 6.07) is 9.28. The number of thiophene rings is 1. The van der Waals surface area contributed by atoms with Gasteiger partial charge in [0, 0.05) is 12.1 Å². The van der Waals surface area contributed by atoms with Crippen molar-refractivity contribution in [2.24, 2.45) is 0 Å². The van der Waals surface area contributed by atoms with E-state index < -0.39 is 0 Å². The average Bonchev–Trinajstić information content (AvgIpc) is 2.93. The van der Waals surface area contributed by atoms with Gasteiger partial charge in [-0.25, -0.2) is 0 Å². The lowest BCUT2D eigenvalue weighted by molar-refractivity contribution is 0.0954. The lowest BCUT2D eigenvalue weighted by atomic mass is 10.2. The van der Waals surface area contributed by atoms with Gasteiger partial charge in [0.1, 0.15) is 5.75 Å². The highest BCUT2D eigenvalue weighted by Gasteiger charge is 2.05. The van der Waals surface area contributed by atoms with Crippen molar-refractivity contribution in [1.82, 2.24) is 5.32 Å². The molecule has 0 spiro atoms. The summed E-state index contributed by atoms with van der Waals surface area (Å²) in [4.78, 5) is 11.9. The molecule has 1 aromatic heterocycles. The molecular weight excluding hydrogens is 258 g/mol. The predicted molar refractivity (Wildman–Crippen MR) is 78.0 cm³/mol. The zero-order valence-corrected chi connectivity index (χ0v) is 11.7. The van der Waals surface area contributed by atoms with Gasteiger partial charge in [0.05, 0.1) is 6.61 Å². The molecule has 1 N–H and O–H groups in total. The molecule has 4 heteroatoms. The Balaban J connectivity index is 1.82. The summed E-state index contributed by atoms with van der Waals surface area (Å²) < 4.78 is 5.34. The quantitative estimate of drug-likeness (QED) is 0.879. The first-order valence-corrected chi connectivity index (χ1v) is 7.26. The lowest BCUT2D eigenvalue weighted by Crippen LogP contribution is -2.25. The zero-order chi connectivity index (χ0) is 13.5. The van der Waals surface area contributed by atoms with E-state index in [0.29, 0.717) is 18.7 Å². The van der Waals surface area contributed by atoms with Gasteiger partial charge in [0.25, 0.3) is 5.91 Å². The fourth-order valence-electron chi connectivity index (χ4n) is 1.73. The molecule has 2 aromatic rings.